The zero-order chi connectivity index (χ0) is 12.3. The number of benzene rings is 1. The van der Waals surface area contributed by atoms with Crippen molar-refractivity contribution in [2.75, 3.05) is 0 Å². The van der Waals surface area contributed by atoms with Gasteiger partial charge in [0.25, 0.3) is 0 Å². The monoisotopic (exact) mass is 223 g/mol. The molecule has 0 unspecified atom stereocenters. The van der Waals surface area contributed by atoms with E-state index in [2.05, 4.69) is 0 Å². The van der Waals surface area contributed by atoms with Crippen LogP contribution in [0.25, 0.3) is 0 Å². The van der Waals surface area contributed by atoms with E-state index < -0.39 is 11.9 Å². The maximum atomic E-state index is 10.8. The number of hydrogen-bond donors (Lipinski definition) is 3. The largest absolute Gasteiger partial charge is 0.478 e. The van der Waals surface area contributed by atoms with Gasteiger partial charge in [-0.1, -0.05) is 0 Å². The van der Waals surface area contributed by atoms with Crippen molar-refractivity contribution in [2.24, 2.45) is 5.73 Å². The molecule has 0 aliphatic heterocycles. The van der Waals surface area contributed by atoms with Crippen LogP contribution in [0.3, 0.4) is 0 Å². The second kappa shape index (κ2) is 4.54. The summed E-state index contributed by atoms with van der Waals surface area (Å²) < 4.78 is 0. The van der Waals surface area contributed by atoms with Gasteiger partial charge in [-0.2, -0.15) is 0 Å². The zero-order valence-corrected chi connectivity index (χ0v) is 8.14. The van der Waals surface area contributed by atoms with E-state index in [4.69, 9.17) is 15.9 Å². The molecule has 0 spiro atoms. The van der Waals surface area contributed by atoms with Gasteiger partial charge in [-0.25, -0.2) is 9.59 Å². The maximum Gasteiger partial charge on any atom is 0.336 e. The first kappa shape index (κ1) is 11.9. The summed E-state index contributed by atoms with van der Waals surface area (Å²) in [4.78, 5) is 32.2. The van der Waals surface area contributed by atoms with Crippen LogP contribution >= 0.6 is 0 Å². The third-order valence-corrected chi connectivity index (χ3v) is 2.08. The van der Waals surface area contributed by atoms with Gasteiger partial charge in [0.15, 0.2) is 6.29 Å². The highest BCUT2D eigenvalue weighted by atomic mass is 16.4. The van der Waals surface area contributed by atoms with Gasteiger partial charge in [0.1, 0.15) is 0 Å². The van der Waals surface area contributed by atoms with E-state index in [1.165, 1.54) is 6.07 Å². The molecule has 0 radical (unpaired) electrons. The van der Waals surface area contributed by atoms with Crippen LogP contribution in [0.2, 0.25) is 0 Å². The van der Waals surface area contributed by atoms with Gasteiger partial charge in [-0.15, -0.1) is 0 Å². The molecule has 0 aliphatic carbocycles. The molecule has 4 N–H and O–H groups in total. The van der Waals surface area contributed by atoms with Crippen molar-refractivity contribution in [3.05, 3.63) is 34.4 Å². The summed E-state index contributed by atoms with van der Waals surface area (Å²) in [5.74, 6) is -2.63. The van der Waals surface area contributed by atoms with Crippen molar-refractivity contribution >= 4 is 18.2 Å². The van der Waals surface area contributed by atoms with Crippen molar-refractivity contribution in [1.29, 1.82) is 0 Å². The molecule has 84 valence electrons. The average Bonchev–Trinajstić information content (AvgIpc) is 2.26. The van der Waals surface area contributed by atoms with E-state index >= 15 is 0 Å². The first-order valence-electron chi connectivity index (χ1n) is 4.30. The lowest BCUT2D eigenvalue weighted by molar-refractivity contribution is 0.0694. The van der Waals surface area contributed by atoms with Crippen molar-refractivity contribution < 1.29 is 24.6 Å². The topological polar surface area (TPSA) is 118 Å². The minimum Gasteiger partial charge on any atom is -0.478 e. The fourth-order valence-corrected chi connectivity index (χ4v) is 1.31. The van der Waals surface area contributed by atoms with E-state index in [0.29, 0.717) is 6.29 Å². The molecular weight excluding hydrogens is 214 g/mol. The number of carbonyl (C=O) groups is 3. The molecule has 0 atom stereocenters. The van der Waals surface area contributed by atoms with Crippen LogP contribution < -0.4 is 5.73 Å². The molecule has 0 bridgehead atoms. The summed E-state index contributed by atoms with van der Waals surface area (Å²) in [6.45, 7) is -0.0810. The minimum absolute atomic E-state index is 0.0810. The average molecular weight is 223 g/mol. The number of aromatic carboxylic acids is 2. The molecule has 0 aromatic heterocycles. The third kappa shape index (κ3) is 2.06. The molecule has 0 amide bonds. The Labute approximate surface area is 90.3 Å². The Morgan fingerprint density at radius 2 is 1.75 bits per heavy atom. The van der Waals surface area contributed by atoms with Crippen LogP contribution in [-0.2, 0) is 6.54 Å². The van der Waals surface area contributed by atoms with Crippen LogP contribution in [0.15, 0.2) is 12.1 Å². The van der Waals surface area contributed by atoms with Crippen molar-refractivity contribution in [1.82, 2.24) is 0 Å². The van der Waals surface area contributed by atoms with Crippen molar-refractivity contribution in [3.8, 4) is 0 Å². The summed E-state index contributed by atoms with van der Waals surface area (Å²) in [6.07, 6.45) is 0.355. The number of carboxylic acids is 2. The fourth-order valence-electron chi connectivity index (χ4n) is 1.31. The lowest BCUT2D eigenvalue weighted by Crippen LogP contribution is -2.12. The first-order valence-corrected chi connectivity index (χ1v) is 4.30. The van der Waals surface area contributed by atoms with E-state index in [0.717, 1.165) is 6.07 Å². The Bertz CT molecular complexity index is 467. The van der Waals surface area contributed by atoms with Crippen molar-refractivity contribution in [3.63, 3.8) is 0 Å². The molecule has 1 rings (SSSR count). The number of rotatable bonds is 4. The number of hydrogen-bond acceptors (Lipinski definition) is 4. The maximum absolute atomic E-state index is 10.8. The Kier molecular flexibility index (Phi) is 3.37. The Balaban J connectivity index is 3.52. The van der Waals surface area contributed by atoms with Crippen LogP contribution in [0.4, 0.5) is 0 Å². The van der Waals surface area contributed by atoms with Gasteiger partial charge in [-0.3, -0.25) is 4.79 Å². The normalized spacial score (nSPS) is 9.81. The highest BCUT2D eigenvalue weighted by Crippen LogP contribution is 2.16. The van der Waals surface area contributed by atoms with Crippen LogP contribution in [0.5, 0.6) is 0 Å². The van der Waals surface area contributed by atoms with Gasteiger partial charge in [0, 0.05) is 12.1 Å². The predicted molar refractivity (Wildman–Crippen MR) is 53.6 cm³/mol. The SMILES string of the molecule is NCc1cc(C=O)c(C(=O)O)cc1C(=O)O. The third-order valence-electron chi connectivity index (χ3n) is 2.08. The van der Waals surface area contributed by atoms with E-state index in [9.17, 15) is 14.4 Å². The molecule has 16 heavy (non-hydrogen) atoms. The molecule has 0 saturated carbocycles. The smallest absolute Gasteiger partial charge is 0.336 e. The predicted octanol–water partition coefficient (Wildman–Crippen LogP) is 0.354. The number of aldehydes is 1. The van der Waals surface area contributed by atoms with E-state index in [-0.39, 0.29) is 28.8 Å². The Hall–Kier alpha value is -2.21. The molecule has 6 heteroatoms. The minimum atomic E-state index is -1.35. The molecule has 1 aromatic rings. The standard InChI is InChI=1S/C10H9NO5/c11-3-5-1-6(4-12)8(10(15)16)2-7(5)9(13)14/h1-2,4H,3,11H2,(H,13,14)(H,15,16). The highest BCUT2D eigenvalue weighted by Gasteiger charge is 2.17. The molecular formula is C10H9NO5. The highest BCUT2D eigenvalue weighted by molar-refractivity contribution is 6.01. The molecule has 1 aromatic carbocycles. The van der Waals surface area contributed by atoms with Crippen LogP contribution in [-0.4, -0.2) is 28.4 Å². The molecule has 0 fully saturated rings. The lowest BCUT2D eigenvalue weighted by atomic mass is 9.99. The van der Waals surface area contributed by atoms with Gasteiger partial charge in [0.05, 0.1) is 11.1 Å². The van der Waals surface area contributed by atoms with Gasteiger partial charge >= 0.3 is 11.9 Å². The molecule has 0 saturated heterocycles. The van der Waals surface area contributed by atoms with Gasteiger partial charge < -0.3 is 15.9 Å². The van der Waals surface area contributed by atoms with E-state index in [1.807, 2.05) is 0 Å². The molecule has 0 aliphatic rings. The quantitative estimate of drug-likeness (QED) is 0.634. The van der Waals surface area contributed by atoms with Gasteiger partial charge in [0.2, 0.25) is 0 Å². The lowest BCUT2D eigenvalue weighted by Gasteiger charge is -2.07. The summed E-state index contributed by atoms with van der Waals surface area (Å²) >= 11 is 0. The zero-order valence-electron chi connectivity index (χ0n) is 8.14. The summed E-state index contributed by atoms with van der Waals surface area (Å²) in [6, 6.07) is 2.12. The van der Waals surface area contributed by atoms with E-state index in [1.54, 1.807) is 0 Å². The first-order chi connectivity index (χ1) is 7.51. The summed E-state index contributed by atoms with van der Waals surface area (Å²) in [5.41, 5.74) is 4.90. The fraction of sp³-hybridized carbons (Fsp3) is 0.100. The number of carboxylic acid groups (broad SMARTS) is 2. The summed E-state index contributed by atoms with van der Waals surface area (Å²) in [5, 5.41) is 17.6. The Morgan fingerprint density at radius 3 is 2.12 bits per heavy atom. The summed E-state index contributed by atoms with van der Waals surface area (Å²) in [7, 11) is 0. The molecule has 6 nitrogen and oxygen atoms in total. The Morgan fingerprint density at radius 1 is 1.19 bits per heavy atom. The van der Waals surface area contributed by atoms with Crippen LogP contribution in [0, 0.1) is 0 Å². The van der Waals surface area contributed by atoms with Gasteiger partial charge in [-0.05, 0) is 17.7 Å². The molecule has 0 heterocycles. The van der Waals surface area contributed by atoms with Crippen LogP contribution in [0.1, 0.15) is 36.6 Å². The van der Waals surface area contributed by atoms with Crippen molar-refractivity contribution in [2.45, 2.75) is 6.54 Å². The number of carbonyl (C=O) groups excluding carboxylic acids is 1. The number of nitrogens with two attached hydrogens (primary N) is 1. The second-order valence-electron chi connectivity index (χ2n) is 3.03. The second-order valence-corrected chi connectivity index (χ2v) is 3.03.